The van der Waals surface area contributed by atoms with Crippen LogP contribution in [0.5, 0.6) is 5.75 Å². The highest BCUT2D eigenvalue weighted by Gasteiger charge is 2.29. The van der Waals surface area contributed by atoms with Gasteiger partial charge in [-0.1, -0.05) is 0 Å². The minimum atomic E-state index is 0.444. The summed E-state index contributed by atoms with van der Waals surface area (Å²) in [6, 6.07) is 8.79. The van der Waals surface area contributed by atoms with E-state index in [2.05, 4.69) is 32.6 Å². The van der Waals surface area contributed by atoms with Crippen LogP contribution >= 0.6 is 0 Å². The van der Waals surface area contributed by atoms with Crippen molar-refractivity contribution >= 4 is 22.5 Å². The maximum atomic E-state index is 6.34. The summed E-state index contributed by atoms with van der Waals surface area (Å²) in [6.45, 7) is 4.74. The number of rotatable bonds is 4. The van der Waals surface area contributed by atoms with E-state index in [0.717, 1.165) is 29.4 Å². The lowest BCUT2D eigenvalue weighted by molar-refractivity contribution is 0.0827. The van der Waals surface area contributed by atoms with Crippen LogP contribution in [0.3, 0.4) is 0 Å². The molecule has 0 bridgehead atoms. The summed E-state index contributed by atoms with van der Waals surface area (Å²) in [6.07, 6.45) is 6.92. The number of fused-ring (bicyclic) bond motifs is 1. The fourth-order valence-corrected chi connectivity index (χ4v) is 5.22. The van der Waals surface area contributed by atoms with E-state index in [4.69, 9.17) is 21.2 Å². The fraction of sp³-hybridized carbons (Fsp3) is 0.500. The first-order valence-electron chi connectivity index (χ1n) is 11.5. The minimum Gasteiger partial charge on any atom is -0.495 e. The molecule has 5 rings (SSSR count). The molecule has 1 saturated heterocycles. The third kappa shape index (κ3) is 3.89. The van der Waals surface area contributed by atoms with Crippen molar-refractivity contribution in [3.63, 3.8) is 0 Å². The third-order valence-electron chi connectivity index (χ3n) is 7.21. The van der Waals surface area contributed by atoms with Crippen molar-refractivity contribution < 1.29 is 4.74 Å². The average molecular weight is 436 g/mol. The lowest BCUT2D eigenvalue weighted by Gasteiger charge is -2.41. The SMILES string of the molecule is COc1cc(-c2nc(N)c3ccn(C4CCC(N5CCN(C)CC5)CC4)c3n2)ccc1N. The topological polar surface area (TPSA) is 98.5 Å². The maximum Gasteiger partial charge on any atom is 0.164 e. The second-order valence-electron chi connectivity index (χ2n) is 9.15. The van der Waals surface area contributed by atoms with Gasteiger partial charge in [0.15, 0.2) is 5.82 Å². The number of nitrogen functional groups attached to an aromatic ring is 2. The second kappa shape index (κ2) is 8.60. The highest BCUT2D eigenvalue weighted by atomic mass is 16.5. The molecule has 1 aliphatic heterocycles. The van der Waals surface area contributed by atoms with Gasteiger partial charge in [0.05, 0.1) is 18.2 Å². The predicted molar refractivity (Wildman–Crippen MR) is 129 cm³/mol. The standard InChI is InChI=1S/C24H33N7O/c1-29-11-13-30(14-12-29)17-4-6-18(7-5-17)31-10-9-19-22(26)27-23(28-24(19)31)16-3-8-20(25)21(15-16)32-2/h3,8-10,15,17-18H,4-7,11-14,25H2,1-2H3,(H2,26,27,28). The number of piperazine rings is 1. The lowest BCUT2D eigenvalue weighted by Crippen LogP contribution is -2.49. The van der Waals surface area contributed by atoms with Gasteiger partial charge in [-0.05, 0) is 57.0 Å². The molecule has 0 spiro atoms. The van der Waals surface area contributed by atoms with Gasteiger partial charge < -0.3 is 25.7 Å². The zero-order valence-corrected chi connectivity index (χ0v) is 19.0. The molecule has 3 aromatic rings. The molecule has 1 saturated carbocycles. The molecule has 32 heavy (non-hydrogen) atoms. The van der Waals surface area contributed by atoms with E-state index in [0.29, 0.717) is 35.2 Å². The number of anilines is 2. The highest BCUT2D eigenvalue weighted by molar-refractivity contribution is 5.88. The zero-order valence-electron chi connectivity index (χ0n) is 19.0. The number of methoxy groups -OCH3 is 1. The quantitative estimate of drug-likeness (QED) is 0.608. The summed E-state index contributed by atoms with van der Waals surface area (Å²) in [5.41, 5.74) is 14.7. The molecule has 0 unspecified atom stereocenters. The van der Waals surface area contributed by atoms with Crippen molar-refractivity contribution in [2.45, 2.75) is 37.8 Å². The van der Waals surface area contributed by atoms with Crippen LogP contribution in [-0.4, -0.2) is 70.7 Å². The van der Waals surface area contributed by atoms with Crippen LogP contribution in [0.1, 0.15) is 31.7 Å². The largest absolute Gasteiger partial charge is 0.495 e. The average Bonchev–Trinajstić information content (AvgIpc) is 3.25. The van der Waals surface area contributed by atoms with Gasteiger partial charge in [0.2, 0.25) is 0 Å². The first kappa shape index (κ1) is 21.0. The molecule has 2 fully saturated rings. The van der Waals surface area contributed by atoms with Crippen molar-refractivity contribution in [1.82, 2.24) is 24.3 Å². The summed E-state index contributed by atoms with van der Waals surface area (Å²) in [4.78, 5) is 14.6. The third-order valence-corrected chi connectivity index (χ3v) is 7.21. The smallest absolute Gasteiger partial charge is 0.164 e. The Morgan fingerprint density at radius 2 is 1.66 bits per heavy atom. The summed E-state index contributed by atoms with van der Waals surface area (Å²) in [5.74, 6) is 1.72. The Kier molecular flexibility index (Phi) is 5.65. The number of hydrogen-bond donors (Lipinski definition) is 2. The van der Waals surface area contributed by atoms with Gasteiger partial charge in [-0.15, -0.1) is 0 Å². The number of aromatic nitrogens is 3. The fourth-order valence-electron chi connectivity index (χ4n) is 5.22. The Bertz CT molecular complexity index is 1100. The van der Waals surface area contributed by atoms with Gasteiger partial charge in [0.1, 0.15) is 17.2 Å². The lowest BCUT2D eigenvalue weighted by atomic mass is 9.89. The van der Waals surface area contributed by atoms with Crippen LogP contribution in [-0.2, 0) is 0 Å². The van der Waals surface area contributed by atoms with Crippen LogP contribution in [0.15, 0.2) is 30.5 Å². The van der Waals surface area contributed by atoms with Crippen molar-refractivity contribution in [2.24, 2.45) is 0 Å². The van der Waals surface area contributed by atoms with Gasteiger partial charge in [0, 0.05) is 50.0 Å². The maximum absolute atomic E-state index is 6.34. The zero-order chi connectivity index (χ0) is 22.2. The number of benzene rings is 1. The van der Waals surface area contributed by atoms with Gasteiger partial charge >= 0.3 is 0 Å². The number of ether oxygens (including phenoxy) is 1. The van der Waals surface area contributed by atoms with E-state index in [-0.39, 0.29) is 0 Å². The second-order valence-corrected chi connectivity index (χ2v) is 9.15. The molecule has 0 radical (unpaired) electrons. The minimum absolute atomic E-state index is 0.444. The Labute approximate surface area is 189 Å². The summed E-state index contributed by atoms with van der Waals surface area (Å²) >= 11 is 0. The van der Waals surface area contributed by atoms with Gasteiger partial charge in [0.25, 0.3) is 0 Å². The predicted octanol–water partition coefficient (Wildman–Crippen LogP) is 3.00. The summed E-state index contributed by atoms with van der Waals surface area (Å²) in [7, 11) is 3.82. The van der Waals surface area contributed by atoms with Crippen LogP contribution in [0.25, 0.3) is 22.4 Å². The van der Waals surface area contributed by atoms with Crippen LogP contribution in [0, 0.1) is 0 Å². The van der Waals surface area contributed by atoms with E-state index in [1.54, 1.807) is 7.11 Å². The van der Waals surface area contributed by atoms with Gasteiger partial charge in [-0.2, -0.15) is 0 Å². The van der Waals surface area contributed by atoms with Crippen molar-refractivity contribution in [3.8, 4) is 17.1 Å². The molecule has 8 heteroatoms. The molecule has 4 N–H and O–H groups in total. The number of nitrogens with two attached hydrogens (primary N) is 2. The molecular formula is C24H33N7O. The molecular weight excluding hydrogens is 402 g/mol. The first-order valence-corrected chi connectivity index (χ1v) is 11.5. The normalized spacial score (nSPS) is 22.9. The molecule has 1 aliphatic carbocycles. The van der Waals surface area contributed by atoms with Crippen molar-refractivity contribution in [3.05, 3.63) is 30.5 Å². The van der Waals surface area contributed by atoms with E-state index in [1.165, 1.54) is 39.0 Å². The van der Waals surface area contributed by atoms with Crippen LogP contribution in [0.2, 0.25) is 0 Å². The Morgan fingerprint density at radius 3 is 2.38 bits per heavy atom. The molecule has 0 atom stereocenters. The molecule has 170 valence electrons. The molecule has 1 aromatic carbocycles. The van der Waals surface area contributed by atoms with Crippen molar-refractivity contribution in [1.29, 1.82) is 0 Å². The first-order chi connectivity index (χ1) is 15.5. The number of hydrogen-bond acceptors (Lipinski definition) is 7. The molecule has 8 nitrogen and oxygen atoms in total. The summed E-state index contributed by atoms with van der Waals surface area (Å²) < 4.78 is 7.68. The Balaban J connectivity index is 1.38. The van der Waals surface area contributed by atoms with E-state index >= 15 is 0 Å². The van der Waals surface area contributed by atoms with E-state index < -0.39 is 0 Å². The summed E-state index contributed by atoms with van der Waals surface area (Å²) in [5, 5.41) is 0.914. The molecule has 2 aliphatic rings. The number of nitrogens with zero attached hydrogens (tertiary/aromatic N) is 5. The highest BCUT2D eigenvalue weighted by Crippen LogP contribution is 2.35. The van der Waals surface area contributed by atoms with E-state index in [1.807, 2.05) is 24.3 Å². The van der Waals surface area contributed by atoms with E-state index in [9.17, 15) is 0 Å². The molecule has 2 aromatic heterocycles. The molecule has 0 amide bonds. The Hall–Kier alpha value is -2.84. The van der Waals surface area contributed by atoms with Crippen LogP contribution < -0.4 is 16.2 Å². The monoisotopic (exact) mass is 435 g/mol. The molecule has 3 heterocycles. The van der Waals surface area contributed by atoms with Crippen molar-refractivity contribution in [2.75, 3.05) is 51.8 Å². The van der Waals surface area contributed by atoms with Crippen LogP contribution in [0.4, 0.5) is 11.5 Å². The Morgan fingerprint density at radius 1 is 0.938 bits per heavy atom. The van der Waals surface area contributed by atoms with Gasteiger partial charge in [-0.25, -0.2) is 9.97 Å². The number of likely N-dealkylation sites (N-methyl/N-ethyl adjacent to an activating group) is 1. The van der Waals surface area contributed by atoms with Gasteiger partial charge in [-0.3, -0.25) is 4.90 Å².